The second-order valence-corrected chi connectivity index (χ2v) is 13.5. The van der Waals surface area contributed by atoms with E-state index in [0.29, 0.717) is 45.4 Å². The van der Waals surface area contributed by atoms with Gasteiger partial charge in [-0.05, 0) is 73.7 Å². The minimum atomic E-state index is -1.00. The highest BCUT2D eigenvalue weighted by Gasteiger charge is 2.38. The van der Waals surface area contributed by atoms with Gasteiger partial charge in [0, 0.05) is 51.7 Å². The minimum absolute atomic E-state index is 0.0486. The van der Waals surface area contributed by atoms with Gasteiger partial charge in [0.05, 0.1) is 31.8 Å². The van der Waals surface area contributed by atoms with Crippen LogP contribution in [-0.4, -0.2) is 102 Å². The summed E-state index contributed by atoms with van der Waals surface area (Å²) in [5.74, 6) is 0.789. The SMILES string of the molecule is COc1cccc(CN2CC[C@H]3CC(=O)NCCC(O)CC(O)CC(=O)N[C@H]4C[C@H](C(=O)NCC[C@H]3C2)N(Cc2ccccc2)C4)c1. The zero-order valence-corrected chi connectivity index (χ0v) is 27.5. The number of amides is 3. The lowest BCUT2D eigenvalue weighted by Gasteiger charge is -2.39. The molecule has 5 N–H and O–H groups in total. The normalized spacial score (nSPS) is 29.2. The highest BCUT2D eigenvalue weighted by atomic mass is 16.5. The molecule has 2 bridgehead atoms. The molecule has 47 heavy (non-hydrogen) atoms. The van der Waals surface area contributed by atoms with Crippen molar-refractivity contribution >= 4 is 17.7 Å². The molecule has 2 unspecified atom stereocenters. The van der Waals surface area contributed by atoms with Crippen molar-refractivity contribution in [2.24, 2.45) is 11.8 Å². The number of methoxy groups -OCH3 is 1. The van der Waals surface area contributed by atoms with Crippen LogP contribution in [0.3, 0.4) is 0 Å². The molecule has 3 aliphatic heterocycles. The van der Waals surface area contributed by atoms with Crippen LogP contribution in [0.1, 0.15) is 56.1 Å². The van der Waals surface area contributed by atoms with E-state index in [4.69, 9.17) is 4.74 Å². The third-order valence-corrected chi connectivity index (χ3v) is 9.84. The fourth-order valence-corrected chi connectivity index (χ4v) is 7.40. The van der Waals surface area contributed by atoms with E-state index in [2.05, 4.69) is 37.9 Å². The predicted octanol–water partition coefficient (Wildman–Crippen LogP) is 1.81. The average molecular weight is 650 g/mol. The maximum atomic E-state index is 13.7. The Balaban J connectivity index is 1.29. The van der Waals surface area contributed by atoms with E-state index >= 15 is 0 Å². The van der Waals surface area contributed by atoms with Gasteiger partial charge < -0.3 is 30.9 Å². The topological polar surface area (TPSA) is 143 Å². The smallest absolute Gasteiger partial charge is 0.237 e. The molecule has 2 aromatic carbocycles. The van der Waals surface area contributed by atoms with Gasteiger partial charge in [-0.3, -0.25) is 24.2 Å². The quantitative estimate of drug-likeness (QED) is 0.330. The van der Waals surface area contributed by atoms with Crippen LogP contribution < -0.4 is 20.7 Å². The van der Waals surface area contributed by atoms with Gasteiger partial charge >= 0.3 is 0 Å². The van der Waals surface area contributed by atoms with E-state index in [1.165, 1.54) is 5.56 Å². The molecule has 0 radical (unpaired) electrons. The van der Waals surface area contributed by atoms with Gasteiger partial charge in [-0.25, -0.2) is 0 Å². The third-order valence-electron chi connectivity index (χ3n) is 9.84. The van der Waals surface area contributed by atoms with Crippen LogP contribution in [0.5, 0.6) is 5.75 Å². The number of likely N-dealkylation sites (tertiary alicyclic amines) is 2. The first-order chi connectivity index (χ1) is 22.7. The maximum Gasteiger partial charge on any atom is 0.237 e. The van der Waals surface area contributed by atoms with Crippen molar-refractivity contribution < 1.29 is 29.3 Å². The Morgan fingerprint density at radius 1 is 0.787 bits per heavy atom. The Kier molecular flexibility index (Phi) is 12.6. The van der Waals surface area contributed by atoms with E-state index in [-0.39, 0.29) is 48.4 Å². The first-order valence-electron chi connectivity index (χ1n) is 17.1. The van der Waals surface area contributed by atoms with E-state index in [0.717, 1.165) is 43.8 Å². The molecule has 3 heterocycles. The zero-order valence-electron chi connectivity index (χ0n) is 27.5. The van der Waals surface area contributed by atoms with Crippen molar-refractivity contribution in [1.29, 1.82) is 0 Å². The molecule has 11 nitrogen and oxygen atoms in total. The summed E-state index contributed by atoms with van der Waals surface area (Å²) in [5.41, 5.74) is 2.26. The summed E-state index contributed by atoms with van der Waals surface area (Å²) in [6, 6.07) is 17.4. The van der Waals surface area contributed by atoms with Crippen LogP contribution >= 0.6 is 0 Å². The van der Waals surface area contributed by atoms with Gasteiger partial charge in [0.15, 0.2) is 0 Å². The summed E-state index contributed by atoms with van der Waals surface area (Å²) < 4.78 is 5.42. The number of nitrogens with zero attached hydrogens (tertiary/aromatic N) is 2. The van der Waals surface area contributed by atoms with Crippen molar-refractivity contribution in [2.75, 3.05) is 39.8 Å². The molecular weight excluding hydrogens is 598 g/mol. The number of carbonyl (C=O) groups excluding carboxylic acids is 3. The monoisotopic (exact) mass is 649 g/mol. The number of benzene rings is 2. The van der Waals surface area contributed by atoms with Gasteiger partial charge in [-0.2, -0.15) is 0 Å². The molecule has 6 atom stereocenters. The Morgan fingerprint density at radius 2 is 1.57 bits per heavy atom. The van der Waals surface area contributed by atoms with Gasteiger partial charge in [0.1, 0.15) is 5.75 Å². The van der Waals surface area contributed by atoms with Crippen LogP contribution in [-0.2, 0) is 27.5 Å². The number of rotatable bonds is 5. The molecule has 0 saturated carbocycles. The zero-order chi connectivity index (χ0) is 33.2. The largest absolute Gasteiger partial charge is 0.497 e. The molecule has 0 spiro atoms. The number of piperidine rings is 1. The second-order valence-electron chi connectivity index (χ2n) is 13.5. The van der Waals surface area contributed by atoms with Crippen LogP contribution in [0.2, 0.25) is 0 Å². The molecule has 0 aromatic heterocycles. The number of nitrogens with one attached hydrogen (secondary N) is 3. The van der Waals surface area contributed by atoms with E-state index < -0.39 is 18.2 Å². The molecule has 256 valence electrons. The number of hydrogen-bond acceptors (Lipinski definition) is 8. The Morgan fingerprint density at radius 3 is 2.38 bits per heavy atom. The van der Waals surface area contributed by atoms with Crippen molar-refractivity contribution in [3.63, 3.8) is 0 Å². The Labute approximate surface area is 278 Å². The summed E-state index contributed by atoms with van der Waals surface area (Å²) >= 11 is 0. The molecule has 3 saturated heterocycles. The molecular formula is C36H51N5O6. The van der Waals surface area contributed by atoms with Crippen molar-refractivity contribution in [3.8, 4) is 5.75 Å². The molecule has 0 aliphatic carbocycles. The van der Waals surface area contributed by atoms with Crippen molar-refractivity contribution in [3.05, 3.63) is 65.7 Å². The lowest BCUT2D eigenvalue weighted by molar-refractivity contribution is -0.126. The summed E-state index contributed by atoms with van der Waals surface area (Å²) in [7, 11) is 1.67. The number of aliphatic hydroxyl groups excluding tert-OH is 2. The Hall–Kier alpha value is -3.51. The standard InChI is InChI=1S/C36H51N5O6/c1-47-32-9-5-8-26(16-32)21-40-15-12-27-17-34(44)37-14-11-30(42)19-31(43)20-35(45)39-29-18-33(36(46)38-13-10-28(27)23-40)41(24-29)22-25-6-3-2-4-7-25/h2-9,16,27-31,33,42-43H,10-15,17-24H2,1H3,(H,37,44)(H,38,46)(H,39,45)/t27-,28-,29-,30?,31?,33+/m0/s1. The summed E-state index contributed by atoms with van der Waals surface area (Å²) in [5, 5.41) is 30.1. The van der Waals surface area contributed by atoms with Crippen molar-refractivity contribution in [1.82, 2.24) is 25.8 Å². The van der Waals surface area contributed by atoms with Crippen LogP contribution in [0, 0.1) is 11.8 Å². The van der Waals surface area contributed by atoms with E-state index in [1.54, 1.807) is 7.11 Å². The molecule has 3 amide bonds. The summed E-state index contributed by atoms with van der Waals surface area (Å²) in [4.78, 5) is 44.0. The van der Waals surface area contributed by atoms with Gasteiger partial charge in [-0.1, -0.05) is 42.5 Å². The fraction of sp³-hybridized carbons (Fsp3) is 0.583. The summed E-state index contributed by atoms with van der Waals surface area (Å²) in [6.07, 6.45) is 0.869. The van der Waals surface area contributed by atoms with E-state index in [1.807, 2.05) is 42.5 Å². The number of aliphatic hydroxyl groups is 2. The predicted molar refractivity (Wildman–Crippen MR) is 178 cm³/mol. The van der Waals surface area contributed by atoms with Gasteiger partial charge in [0.2, 0.25) is 17.7 Å². The lowest BCUT2D eigenvalue weighted by atomic mass is 9.80. The van der Waals surface area contributed by atoms with Crippen LogP contribution in [0.25, 0.3) is 0 Å². The van der Waals surface area contributed by atoms with Gasteiger partial charge in [0.25, 0.3) is 0 Å². The highest BCUT2D eigenvalue weighted by Crippen LogP contribution is 2.30. The summed E-state index contributed by atoms with van der Waals surface area (Å²) in [6.45, 7) is 4.38. The minimum Gasteiger partial charge on any atom is -0.497 e. The van der Waals surface area contributed by atoms with Gasteiger partial charge in [-0.15, -0.1) is 0 Å². The number of carbonyl (C=O) groups is 3. The average Bonchev–Trinajstić information content (AvgIpc) is 3.43. The molecule has 3 fully saturated rings. The first-order valence-corrected chi connectivity index (χ1v) is 17.1. The van der Waals surface area contributed by atoms with E-state index in [9.17, 15) is 24.6 Å². The molecule has 11 heteroatoms. The third kappa shape index (κ3) is 10.5. The van der Waals surface area contributed by atoms with Crippen LogP contribution in [0.4, 0.5) is 0 Å². The fourth-order valence-electron chi connectivity index (χ4n) is 7.40. The first kappa shape index (κ1) is 34.8. The van der Waals surface area contributed by atoms with Crippen molar-refractivity contribution in [2.45, 2.75) is 82.3 Å². The van der Waals surface area contributed by atoms with Crippen LogP contribution in [0.15, 0.2) is 54.6 Å². The highest BCUT2D eigenvalue weighted by molar-refractivity contribution is 5.82. The molecule has 2 aromatic rings. The second kappa shape index (κ2) is 17.1. The number of fused-ring (bicyclic) bond motifs is 3. The molecule has 3 aliphatic rings. The number of ether oxygens (including phenoxy) is 1. The maximum absolute atomic E-state index is 13.7. The Bertz CT molecular complexity index is 1330. The number of hydrogen-bond donors (Lipinski definition) is 5. The lowest BCUT2D eigenvalue weighted by Crippen LogP contribution is -2.45. The molecule has 5 rings (SSSR count).